The van der Waals surface area contributed by atoms with Gasteiger partial charge in [0, 0.05) is 36.5 Å². The molecular formula is C24H27ClN4O3S2. The molecule has 2 fully saturated rings. The number of carbonyl (C=O) groups excluding carboxylic acids is 3. The molecule has 1 saturated carbocycles. The summed E-state index contributed by atoms with van der Waals surface area (Å²) >= 11 is 9.40. The van der Waals surface area contributed by atoms with Gasteiger partial charge in [-0.1, -0.05) is 48.2 Å². The van der Waals surface area contributed by atoms with Gasteiger partial charge in [0.05, 0.1) is 21.0 Å². The number of halogens is 1. The van der Waals surface area contributed by atoms with E-state index in [1.165, 1.54) is 29.2 Å². The number of nitrogens with one attached hydrogen (secondary N) is 1. The minimum Gasteiger partial charge on any atom is -0.335 e. The Morgan fingerprint density at radius 3 is 2.76 bits per heavy atom. The molecule has 1 atom stereocenters. The lowest BCUT2D eigenvalue weighted by atomic mass is 10.1. The van der Waals surface area contributed by atoms with E-state index in [0.29, 0.717) is 35.4 Å². The second kappa shape index (κ2) is 10.5. The lowest BCUT2D eigenvalue weighted by Gasteiger charge is -2.41. The summed E-state index contributed by atoms with van der Waals surface area (Å²) in [6.45, 7) is 8.91. The predicted octanol–water partition coefficient (Wildman–Crippen LogP) is 4.85. The summed E-state index contributed by atoms with van der Waals surface area (Å²) in [5.41, 5.74) is 1.40. The smallest absolute Gasteiger partial charge is 0.255 e. The largest absolute Gasteiger partial charge is 0.335 e. The Balaban J connectivity index is 1.48. The van der Waals surface area contributed by atoms with Crippen molar-refractivity contribution in [3.63, 3.8) is 0 Å². The maximum absolute atomic E-state index is 13.4. The summed E-state index contributed by atoms with van der Waals surface area (Å²) in [6.07, 6.45) is 5.69. The molecule has 2 heterocycles. The van der Waals surface area contributed by atoms with Gasteiger partial charge in [0.15, 0.2) is 5.13 Å². The molecule has 34 heavy (non-hydrogen) atoms. The van der Waals surface area contributed by atoms with Gasteiger partial charge in [-0.15, -0.1) is 0 Å². The number of nitrogens with zero attached hydrogens (tertiary/aromatic N) is 3. The molecule has 180 valence electrons. The Kier molecular flexibility index (Phi) is 7.64. The molecule has 10 heteroatoms. The Morgan fingerprint density at radius 1 is 1.32 bits per heavy atom. The van der Waals surface area contributed by atoms with E-state index in [9.17, 15) is 14.4 Å². The van der Waals surface area contributed by atoms with Crippen molar-refractivity contribution in [1.82, 2.24) is 14.8 Å². The average Bonchev–Trinajstić information content (AvgIpc) is 3.60. The summed E-state index contributed by atoms with van der Waals surface area (Å²) in [6, 6.07) is 3.58. The van der Waals surface area contributed by atoms with Crippen LogP contribution in [0.5, 0.6) is 0 Å². The summed E-state index contributed by atoms with van der Waals surface area (Å²) in [5, 5.41) is 3.86. The molecule has 1 aliphatic carbocycles. The zero-order chi connectivity index (χ0) is 24.4. The lowest BCUT2D eigenvalue weighted by molar-refractivity contribution is -0.130. The fourth-order valence-corrected chi connectivity index (χ4v) is 6.16. The number of piperazine rings is 1. The molecule has 0 spiro atoms. The normalized spacial score (nSPS) is 18.0. The highest BCUT2D eigenvalue weighted by Gasteiger charge is 2.32. The van der Waals surface area contributed by atoms with Crippen molar-refractivity contribution in [3.05, 3.63) is 47.1 Å². The molecule has 0 bridgehead atoms. The van der Waals surface area contributed by atoms with Crippen LogP contribution in [0.15, 0.2) is 40.1 Å². The van der Waals surface area contributed by atoms with E-state index in [4.69, 9.17) is 11.6 Å². The highest BCUT2D eigenvalue weighted by Crippen LogP contribution is 2.38. The third kappa shape index (κ3) is 5.47. The van der Waals surface area contributed by atoms with Crippen molar-refractivity contribution in [2.45, 2.75) is 48.3 Å². The average molecular weight is 519 g/mol. The molecule has 3 amide bonds. The van der Waals surface area contributed by atoms with Crippen LogP contribution in [0.4, 0.5) is 5.13 Å². The first kappa shape index (κ1) is 24.8. The van der Waals surface area contributed by atoms with Crippen LogP contribution in [0.3, 0.4) is 0 Å². The molecule has 1 N–H and O–H groups in total. The first-order chi connectivity index (χ1) is 16.3. The molecule has 0 unspecified atom stereocenters. The van der Waals surface area contributed by atoms with E-state index in [0.717, 1.165) is 33.9 Å². The third-order valence-electron chi connectivity index (χ3n) is 6.07. The Morgan fingerprint density at radius 2 is 2.09 bits per heavy atom. The van der Waals surface area contributed by atoms with Gasteiger partial charge in [0.1, 0.15) is 0 Å². The van der Waals surface area contributed by atoms with Crippen LogP contribution < -0.4 is 5.32 Å². The van der Waals surface area contributed by atoms with Crippen LogP contribution >= 0.6 is 34.7 Å². The van der Waals surface area contributed by atoms with Crippen LogP contribution in [0.1, 0.15) is 42.1 Å². The van der Waals surface area contributed by atoms with E-state index in [2.05, 4.69) is 16.9 Å². The Labute approximate surface area is 212 Å². The number of rotatable bonds is 7. The van der Waals surface area contributed by atoms with Crippen LogP contribution in [-0.2, 0) is 9.59 Å². The van der Waals surface area contributed by atoms with Gasteiger partial charge in [-0.05, 0) is 50.0 Å². The SMILES string of the molecule is C=CC(=O)N1CCN(C(=O)c2cc(Sc3cnc(NC(=O)C4CC4)s3)c(C)cc2Cl)C[C@H]1CC. The number of benzene rings is 1. The van der Waals surface area contributed by atoms with Gasteiger partial charge >= 0.3 is 0 Å². The zero-order valence-electron chi connectivity index (χ0n) is 19.2. The van der Waals surface area contributed by atoms with Gasteiger partial charge in [0.25, 0.3) is 5.91 Å². The summed E-state index contributed by atoms with van der Waals surface area (Å²) in [7, 11) is 0. The molecule has 7 nitrogen and oxygen atoms in total. The molecule has 2 aliphatic rings. The van der Waals surface area contributed by atoms with E-state index >= 15 is 0 Å². The number of hydrogen-bond acceptors (Lipinski definition) is 6. The maximum Gasteiger partial charge on any atom is 0.255 e. The second-order valence-electron chi connectivity index (χ2n) is 8.50. The zero-order valence-corrected chi connectivity index (χ0v) is 21.6. The Bertz CT molecular complexity index is 1130. The van der Waals surface area contributed by atoms with Crippen LogP contribution in [0.2, 0.25) is 5.02 Å². The van der Waals surface area contributed by atoms with Crippen molar-refractivity contribution in [2.75, 3.05) is 25.0 Å². The number of anilines is 1. The molecule has 1 aromatic carbocycles. The minimum atomic E-state index is -0.141. The third-order valence-corrected chi connectivity index (χ3v) is 8.55. The second-order valence-corrected chi connectivity index (χ2v) is 11.3. The van der Waals surface area contributed by atoms with Crippen molar-refractivity contribution < 1.29 is 14.4 Å². The summed E-state index contributed by atoms with van der Waals surface area (Å²) < 4.78 is 0.914. The quantitative estimate of drug-likeness (QED) is 0.529. The van der Waals surface area contributed by atoms with Crippen LogP contribution in [-0.4, -0.2) is 58.2 Å². The van der Waals surface area contributed by atoms with Crippen LogP contribution in [0, 0.1) is 12.8 Å². The highest BCUT2D eigenvalue weighted by atomic mass is 35.5. The number of carbonyl (C=O) groups is 3. The molecule has 0 radical (unpaired) electrons. The molecule has 1 saturated heterocycles. The summed E-state index contributed by atoms with van der Waals surface area (Å²) in [4.78, 5) is 46.3. The van der Waals surface area contributed by atoms with Crippen molar-refractivity contribution >= 4 is 57.6 Å². The fourth-order valence-electron chi connectivity index (χ4n) is 3.92. The number of thiazole rings is 1. The van der Waals surface area contributed by atoms with Crippen molar-refractivity contribution in [2.24, 2.45) is 5.92 Å². The van der Waals surface area contributed by atoms with Gasteiger partial charge in [-0.25, -0.2) is 4.98 Å². The first-order valence-electron chi connectivity index (χ1n) is 11.3. The van der Waals surface area contributed by atoms with Gasteiger partial charge in [-0.2, -0.15) is 0 Å². The van der Waals surface area contributed by atoms with Crippen molar-refractivity contribution in [3.8, 4) is 0 Å². The van der Waals surface area contributed by atoms with E-state index < -0.39 is 0 Å². The van der Waals surface area contributed by atoms with E-state index in [1.807, 2.05) is 26.0 Å². The first-order valence-corrected chi connectivity index (χ1v) is 13.3. The van der Waals surface area contributed by atoms with E-state index in [-0.39, 0.29) is 29.7 Å². The van der Waals surface area contributed by atoms with Gasteiger partial charge in [0.2, 0.25) is 11.8 Å². The standard InChI is InChI=1S/C24H27ClN4O3S2/c1-4-16-13-28(8-9-29(16)20(30)5-2)23(32)17-11-19(14(3)10-18(17)25)33-21-12-26-24(34-21)27-22(31)15-6-7-15/h5,10-12,15-16H,2,4,6-9,13H2,1,3H3,(H,26,27,31)/t16-/m1/s1. The molecule has 2 aromatic rings. The van der Waals surface area contributed by atoms with Gasteiger partial charge in [-0.3, -0.25) is 14.4 Å². The predicted molar refractivity (Wildman–Crippen MR) is 136 cm³/mol. The topological polar surface area (TPSA) is 82.6 Å². The lowest BCUT2D eigenvalue weighted by Crippen LogP contribution is -2.56. The minimum absolute atomic E-state index is 0.0294. The van der Waals surface area contributed by atoms with E-state index in [1.54, 1.807) is 16.0 Å². The molecule has 1 aromatic heterocycles. The van der Waals surface area contributed by atoms with Gasteiger partial charge < -0.3 is 15.1 Å². The monoisotopic (exact) mass is 518 g/mol. The maximum atomic E-state index is 13.4. The molecule has 4 rings (SSSR count). The highest BCUT2D eigenvalue weighted by molar-refractivity contribution is 8.01. The fraction of sp³-hybridized carbons (Fsp3) is 0.417. The van der Waals surface area contributed by atoms with Crippen molar-refractivity contribution in [1.29, 1.82) is 0 Å². The number of aromatic nitrogens is 1. The number of amides is 3. The summed E-state index contributed by atoms with van der Waals surface area (Å²) in [5.74, 6) is -0.0983. The molecular weight excluding hydrogens is 492 g/mol. The number of aryl methyl sites for hydroxylation is 1. The van der Waals surface area contributed by atoms with Crippen LogP contribution in [0.25, 0.3) is 0 Å². The molecule has 1 aliphatic heterocycles. The Hall–Kier alpha value is -2.36. The number of hydrogen-bond donors (Lipinski definition) is 1.